The lowest BCUT2D eigenvalue weighted by molar-refractivity contribution is 0.216. The minimum absolute atomic E-state index is 0.265. The average Bonchev–Trinajstić information content (AvgIpc) is 3.07. The van der Waals surface area contributed by atoms with E-state index in [1.54, 1.807) is 0 Å². The second-order valence-electron chi connectivity index (χ2n) is 7.34. The summed E-state index contributed by atoms with van der Waals surface area (Å²) in [5.41, 5.74) is 16.0. The van der Waals surface area contributed by atoms with Crippen LogP contribution in [-0.2, 0) is 0 Å². The zero-order chi connectivity index (χ0) is 17.3. The molecule has 2 aliphatic heterocycles. The maximum absolute atomic E-state index is 6.25. The molecule has 2 fully saturated rings. The van der Waals surface area contributed by atoms with E-state index in [1.807, 2.05) is 18.5 Å². The molecule has 4 heterocycles. The molecule has 0 saturated carbocycles. The van der Waals surface area contributed by atoms with Crippen molar-refractivity contribution in [1.82, 2.24) is 15.3 Å². The molecule has 6 nitrogen and oxygen atoms in total. The van der Waals surface area contributed by atoms with Crippen LogP contribution in [0.25, 0.3) is 16.7 Å². The summed E-state index contributed by atoms with van der Waals surface area (Å²) in [5.74, 6) is 0. The van der Waals surface area contributed by atoms with E-state index < -0.39 is 0 Å². The van der Waals surface area contributed by atoms with E-state index in [0.717, 1.165) is 36.2 Å². The smallest absolute Gasteiger partial charge is 0.140 e. The first-order chi connectivity index (χ1) is 12.2. The first-order valence-corrected chi connectivity index (χ1v) is 9.35. The number of rotatable bonds is 3. The van der Waals surface area contributed by atoms with Gasteiger partial charge >= 0.3 is 0 Å². The Balaban J connectivity index is 1.73. The number of nitrogens with one attached hydrogen (secondary N) is 2. The Bertz CT molecular complexity index is 766. The molecule has 0 aliphatic carbocycles. The van der Waals surface area contributed by atoms with Gasteiger partial charge in [0.05, 0.1) is 11.1 Å². The van der Waals surface area contributed by atoms with E-state index in [0.29, 0.717) is 12.2 Å². The molecule has 2 aliphatic rings. The minimum atomic E-state index is 0.265. The van der Waals surface area contributed by atoms with E-state index in [-0.39, 0.29) is 5.54 Å². The van der Waals surface area contributed by atoms with Gasteiger partial charge in [-0.05, 0) is 44.4 Å². The Hall–Kier alpha value is -2.05. The molecular formula is C19H28N6. The third-order valence-corrected chi connectivity index (χ3v) is 5.70. The van der Waals surface area contributed by atoms with E-state index in [1.165, 1.54) is 37.8 Å². The Kier molecular flexibility index (Phi) is 4.39. The van der Waals surface area contributed by atoms with Crippen molar-refractivity contribution in [3.63, 3.8) is 0 Å². The molecule has 2 aromatic rings. The molecule has 1 unspecified atom stereocenters. The van der Waals surface area contributed by atoms with Crippen LogP contribution in [0.4, 0.5) is 5.69 Å². The third-order valence-electron chi connectivity index (χ3n) is 5.70. The van der Waals surface area contributed by atoms with Crippen molar-refractivity contribution in [2.75, 3.05) is 31.1 Å². The Morgan fingerprint density at radius 2 is 2.20 bits per heavy atom. The number of hydrogen-bond donors (Lipinski definition) is 4. The van der Waals surface area contributed by atoms with Crippen LogP contribution in [0.15, 0.2) is 24.5 Å². The first-order valence-electron chi connectivity index (χ1n) is 9.35. The molecule has 4 rings (SSSR count). The monoisotopic (exact) mass is 340 g/mol. The van der Waals surface area contributed by atoms with Crippen molar-refractivity contribution in [3.8, 4) is 0 Å². The van der Waals surface area contributed by atoms with Gasteiger partial charge in [-0.1, -0.05) is 6.42 Å². The summed E-state index contributed by atoms with van der Waals surface area (Å²) < 4.78 is 0. The molecule has 1 atom stereocenters. The molecule has 2 saturated heterocycles. The quantitative estimate of drug-likeness (QED) is 0.685. The van der Waals surface area contributed by atoms with Gasteiger partial charge in [0, 0.05) is 48.8 Å². The third kappa shape index (κ3) is 3.00. The molecule has 0 amide bonds. The number of pyridine rings is 1. The van der Waals surface area contributed by atoms with Crippen LogP contribution < -0.4 is 21.7 Å². The molecule has 134 valence electrons. The van der Waals surface area contributed by atoms with Crippen molar-refractivity contribution in [1.29, 1.82) is 0 Å². The number of piperidine rings is 2. The summed E-state index contributed by atoms with van der Waals surface area (Å²) in [4.78, 5) is 10.3. The zero-order valence-corrected chi connectivity index (χ0v) is 14.7. The molecule has 2 aromatic heterocycles. The normalized spacial score (nSPS) is 25.0. The van der Waals surface area contributed by atoms with E-state index in [4.69, 9.17) is 11.5 Å². The molecule has 0 radical (unpaired) electrons. The van der Waals surface area contributed by atoms with E-state index in [9.17, 15) is 0 Å². The number of H-pyrrole nitrogens is 1. The fourth-order valence-corrected chi connectivity index (χ4v) is 4.48. The van der Waals surface area contributed by atoms with E-state index >= 15 is 0 Å². The maximum atomic E-state index is 6.25. The fraction of sp³-hybridized carbons (Fsp3) is 0.526. The molecule has 0 bridgehead atoms. The van der Waals surface area contributed by atoms with Crippen LogP contribution in [0.1, 0.15) is 37.7 Å². The number of nitrogens with two attached hydrogens (primary N) is 2. The van der Waals surface area contributed by atoms with Crippen molar-refractivity contribution >= 4 is 22.4 Å². The predicted molar refractivity (Wildman–Crippen MR) is 103 cm³/mol. The second kappa shape index (κ2) is 6.69. The van der Waals surface area contributed by atoms with Crippen LogP contribution in [0.5, 0.6) is 0 Å². The topological polar surface area (TPSA) is 96.0 Å². The SMILES string of the molecule is NC/C=C(\N)c1c[nH]c2nccc(N3CCCC4(CCCCN4)C3)c12. The van der Waals surface area contributed by atoms with Crippen LogP contribution in [0.2, 0.25) is 0 Å². The number of nitrogens with zero attached hydrogens (tertiary/aromatic N) is 2. The van der Waals surface area contributed by atoms with Crippen LogP contribution in [-0.4, -0.2) is 41.7 Å². The highest BCUT2D eigenvalue weighted by molar-refractivity contribution is 5.99. The molecule has 0 aromatic carbocycles. The lowest BCUT2D eigenvalue weighted by Gasteiger charge is -2.47. The summed E-state index contributed by atoms with van der Waals surface area (Å²) in [5, 5.41) is 4.92. The van der Waals surface area contributed by atoms with Crippen molar-refractivity contribution in [2.45, 2.75) is 37.6 Å². The minimum Gasteiger partial charge on any atom is -0.398 e. The number of aromatic nitrogens is 2. The Morgan fingerprint density at radius 3 is 3.00 bits per heavy atom. The zero-order valence-electron chi connectivity index (χ0n) is 14.7. The highest BCUT2D eigenvalue weighted by Crippen LogP contribution is 2.36. The van der Waals surface area contributed by atoms with Crippen LogP contribution in [0, 0.1) is 0 Å². The predicted octanol–water partition coefficient (Wildman–Crippen LogP) is 1.93. The van der Waals surface area contributed by atoms with E-state index in [2.05, 4.69) is 26.3 Å². The molecule has 25 heavy (non-hydrogen) atoms. The first kappa shape index (κ1) is 16.4. The summed E-state index contributed by atoms with van der Waals surface area (Å²) in [6.45, 7) is 3.71. The van der Waals surface area contributed by atoms with Gasteiger partial charge in [0.25, 0.3) is 0 Å². The maximum Gasteiger partial charge on any atom is 0.140 e. The molecule has 1 spiro atoms. The highest BCUT2D eigenvalue weighted by atomic mass is 15.2. The van der Waals surface area contributed by atoms with Crippen molar-refractivity contribution < 1.29 is 0 Å². The summed E-state index contributed by atoms with van der Waals surface area (Å²) >= 11 is 0. The van der Waals surface area contributed by atoms with Gasteiger partial charge in [0.15, 0.2) is 0 Å². The lowest BCUT2D eigenvalue weighted by atomic mass is 9.81. The summed E-state index contributed by atoms with van der Waals surface area (Å²) in [6, 6.07) is 2.12. The van der Waals surface area contributed by atoms with Crippen molar-refractivity contribution in [3.05, 3.63) is 30.1 Å². The molecule has 6 heteroatoms. The largest absolute Gasteiger partial charge is 0.398 e. The number of fused-ring (bicyclic) bond motifs is 1. The summed E-state index contributed by atoms with van der Waals surface area (Å²) in [7, 11) is 0. The number of aromatic amines is 1. The highest BCUT2D eigenvalue weighted by Gasteiger charge is 2.36. The van der Waals surface area contributed by atoms with Crippen LogP contribution >= 0.6 is 0 Å². The second-order valence-corrected chi connectivity index (χ2v) is 7.34. The Morgan fingerprint density at radius 1 is 1.32 bits per heavy atom. The number of hydrogen-bond acceptors (Lipinski definition) is 5. The van der Waals surface area contributed by atoms with Gasteiger partial charge in [-0.25, -0.2) is 4.98 Å². The fourth-order valence-electron chi connectivity index (χ4n) is 4.48. The van der Waals surface area contributed by atoms with Gasteiger partial charge in [-0.15, -0.1) is 0 Å². The number of anilines is 1. The lowest BCUT2D eigenvalue weighted by Crippen LogP contribution is -2.59. The molecular weight excluding hydrogens is 312 g/mol. The average molecular weight is 340 g/mol. The molecule has 6 N–H and O–H groups in total. The van der Waals surface area contributed by atoms with Crippen LogP contribution in [0.3, 0.4) is 0 Å². The Labute approximate surface area is 148 Å². The van der Waals surface area contributed by atoms with Gasteiger partial charge in [0.2, 0.25) is 0 Å². The van der Waals surface area contributed by atoms with Gasteiger partial charge in [-0.2, -0.15) is 0 Å². The van der Waals surface area contributed by atoms with Gasteiger partial charge < -0.3 is 26.7 Å². The van der Waals surface area contributed by atoms with Crippen molar-refractivity contribution in [2.24, 2.45) is 11.5 Å². The van der Waals surface area contributed by atoms with Gasteiger partial charge in [0.1, 0.15) is 5.65 Å². The standard InChI is InChI=1S/C19H28N6/c20-8-4-15(21)14-12-23-18-17(14)16(5-10-22-18)25-11-3-7-19(13-25)6-1-2-9-24-19/h4-5,10,12,24H,1-3,6-9,11,13,20-21H2,(H,22,23)/b15-4-. The summed E-state index contributed by atoms with van der Waals surface area (Å²) in [6.07, 6.45) is 12.1. The van der Waals surface area contributed by atoms with Gasteiger partial charge in [-0.3, -0.25) is 0 Å².